The summed E-state index contributed by atoms with van der Waals surface area (Å²) >= 11 is 0. The Kier molecular flexibility index (Phi) is 7.07. The molecule has 0 radical (unpaired) electrons. The van der Waals surface area contributed by atoms with E-state index in [2.05, 4.69) is 19.2 Å². The summed E-state index contributed by atoms with van der Waals surface area (Å²) in [6, 6.07) is 14.4. The first kappa shape index (κ1) is 22.5. The molecule has 0 aliphatic heterocycles. The maximum atomic E-state index is 13.1. The molecule has 1 atom stereocenters. The number of amides is 2. The Morgan fingerprint density at radius 2 is 1.81 bits per heavy atom. The highest BCUT2D eigenvalue weighted by Gasteiger charge is 2.23. The maximum Gasteiger partial charge on any atom is 0.322 e. The molecule has 0 saturated heterocycles. The van der Waals surface area contributed by atoms with Gasteiger partial charge in [-0.05, 0) is 42.7 Å². The lowest BCUT2D eigenvalue weighted by Gasteiger charge is -2.27. The minimum Gasteiger partial charge on any atom is -0.383 e. The van der Waals surface area contributed by atoms with E-state index in [1.165, 1.54) is 5.56 Å². The predicted octanol–water partition coefficient (Wildman–Crippen LogP) is 4.39. The number of nitrogens with one attached hydrogen (secondary N) is 1. The summed E-state index contributed by atoms with van der Waals surface area (Å²) in [5.74, 6) is 0.948. The van der Waals surface area contributed by atoms with Crippen LogP contribution in [0.4, 0.5) is 10.5 Å². The first-order chi connectivity index (χ1) is 14.8. The van der Waals surface area contributed by atoms with Gasteiger partial charge in [-0.15, -0.1) is 0 Å². The number of para-hydroxylation sites is 1. The average Bonchev–Trinajstić information content (AvgIpc) is 2.77. The minimum atomic E-state index is -0.427. The van der Waals surface area contributed by atoms with Crippen molar-refractivity contribution in [2.24, 2.45) is 0 Å². The Labute approximate surface area is 182 Å². The van der Waals surface area contributed by atoms with Gasteiger partial charge in [0.05, 0.1) is 30.1 Å². The number of nitrogens with zero attached hydrogens (tertiary/aromatic N) is 3. The number of hydrogen-bond donors (Lipinski definition) is 1. The summed E-state index contributed by atoms with van der Waals surface area (Å²) in [6.45, 7) is 6.85. The first-order valence-electron chi connectivity index (χ1n) is 10.5. The van der Waals surface area contributed by atoms with Crippen LogP contribution in [0.25, 0.3) is 10.9 Å². The first-order valence-corrected chi connectivity index (χ1v) is 10.5. The van der Waals surface area contributed by atoms with E-state index < -0.39 is 6.04 Å². The molecule has 0 bridgehead atoms. The molecule has 1 heterocycles. The predicted molar refractivity (Wildman–Crippen MR) is 124 cm³/mol. The quantitative estimate of drug-likeness (QED) is 0.613. The van der Waals surface area contributed by atoms with Crippen LogP contribution in [0.1, 0.15) is 44.1 Å². The van der Waals surface area contributed by atoms with Gasteiger partial charge >= 0.3 is 6.03 Å². The number of aromatic nitrogens is 2. The molecule has 3 aromatic rings. The van der Waals surface area contributed by atoms with Gasteiger partial charge in [-0.1, -0.05) is 38.1 Å². The molecule has 1 unspecified atom stereocenters. The Morgan fingerprint density at radius 3 is 2.45 bits per heavy atom. The van der Waals surface area contributed by atoms with Gasteiger partial charge in [0, 0.05) is 19.8 Å². The van der Waals surface area contributed by atoms with Gasteiger partial charge in [0.1, 0.15) is 5.82 Å². The zero-order chi connectivity index (χ0) is 22.5. The molecule has 7 heteroatoms. The van der Waals surface area contributed by atoms with E-state index in [1.807, 2.05) is 49.4 Å². The standard InChI is InChI=1S/C24H30N4O3/c1-16(2)18-10-12-19(13-11-18)25-24(30)27(4)17(3)22-26-21-9-7-6-8-20(21)23(29)28(22)14-15-31-5/h6-13,16-17H,14-15H2,1-5H3,(H,25,30). The topological polar surface area (TPSA) is 76.5 Å². The highest BCUT2D eigenvalue weighted by atomic mass is 16.5. The molecule has 31 heavy (non-hydrogen) atoms. The van der Waals surface area contributed by atoms with Crippen molar-refractivity contribution in [2.75, 3.05) is 26.1 Å². The number of urea groups is 1. The third kappa shape index (κ3) is 4.94. The molecule has 164 valence electrons. The van der Waals surface area contributed by atoms with Crippen LogP contribution in [0.3, 0.4) is 0 Å². The van der Waals surface area contributed by atoms with Crippen molar-refractivity contribution < 1.29 is 9.53 Å². The molecule has 0 fully saturated rings. The number of benzene rings is 2. The molecule has 0 aliphatic carbocycles. The third-order valence-electron chi connectivity index (χ3n) is 5.51. The van der Waals surface area contributed by atoms with Crippen molar-refractivity contribution in [1.82, 2.24) is 14.5 Å². The fourth-order valence-electron chi connectivity index (χ4n) is 3.41. The summed E-state index contributed by atoms with van der Waals surface area (Å²) in [5, 5.41) is 3.47. The van der Waals surface area contributed by atoms with Crippen LogP contribution < -0.4 is 10.9 Å². The molecule has 7 nitrogen and oxygen atoms in total. The Hall–Kier alpha value is -3.19. The molecule has 0 saturated carbocycles. The van der Waals surface area contributed by atoms with Gasteiger partial charge < -0.3 is 15.0 Å². The van der Waals surface area contributed by atoms with E-state index in [0.717, 1.165) is 5.69 Å². The van der Waals surface area contributed by atoms with Gasteiger partial charge in [0.2, 0.25) is 0 Å². The number of carbonyl (C=O) groups excluding carboxylic acids is 1. The molecule has 3 rings (SSSR count). The fraction of sp³-hybridized carbons (Fsp3) is 0.375. The fourth-order valence-corrected chi connectivity index (χ4v) is 3.41. The van der Waals surface area contributed by atoms with Crippen LogP contribution in [-0.4, -0.2) is 41.2 Å². The molecular weight excluding hydrogens is 392 g/mol. The summed E-state index contributed by atoms with van der Waals surface area (Å²) in [7, 11) is 3.29. The number of carbonyl (C=O) groups is 1. The number of hydrogen-bond acceptors (Lipinski definition) is 4. The smallest absolute Gasteiger partial charge is 0.322 e. The highest BCUT2D eigenvalue weighted by molar-refractivity contribution is 5.89. The minimum absolute atomic E-state index is 0.136. The molecule has 2 aromatic carbocycles. The molecule has 2 amide bonds. The van der Waals surface area contributed by atoms with E-state index in [9.17, 15) is 9.59 Å². The van der Waals surface area contributed by atoms with Crippen molar-refractivity contribution in [3.05, 3.63) is 70.3 Å². The van der Waals surface area contributed by atoms with E-state index in [0.29, 0.717) is 35.8 Å². The van der Waals surface area contributed by atoms with Crippen molar-refractivity contribution in [1.29, 1.82) is 0 Å². The second-order valence-electron chi connectivity index (χ2n) is 7.93. The SMILES string of the molecule is COCCn1c(C(C)N(C)C(=O)Nc2ccc(C(C)C)cc2)nc2ccccc2c1=O. The van der Waals surface area contributed by atoms with Gasteiger partial charge in [-0.2, -0.15) is 0 Å². The van der Waals surface area contributed by atoms with Crippen molar-refractivity contribution >= 4 is 22.6 Å². The van der Waals surface area contributed by atoms with E-state index >= 15 is 0 Å². The Balaban J connectivity index is 1.88. The van der Waals surface area contributed by atoms with Gasteiger partial charge in [0.15, 0.2) is 0 Å². The van der Waals surface area contributed by atoms with E-state index in [1.54, 1.807) is 29.7 Å². The van der Waals surface area contributed by atoms with Crippen molar-refractivity contribution in [3.63, 3.8) is 0 Å². The van der Waals surface area contributed by atoms with Gasteiger partial charge in [-0.3, -0.25) is 9.36 Å². The molecular formula is C24H30N4O3. The maximum absolute atomic E-state index is 13.1. The normalized spacial score (nSPS) is 12.2. The monoisotopic (exact) mass is 422 g/mol. The zero-order valence-corrected chi connectivity index (χ0v) is 18.8. The number of methoxy groups -OCH3 is 1. The lowest BCUT2D eigenvalue weighted by atomic mass is 10.0. The van der Waals surface area contributed by atoms with Crippen LogP contribution in [0.2, 0.25) is 0 Å². The Bertz CT molecular complexity index is 1110. The summed E-state index contributed by atoms with van der Waals surface area (Å²) in [6.07, 6.45) is 0. The van der Waals surface area contributed by atoms with Crippen molar-refractivity contribution in [2.45, 2.75) is 39.3 Å². The summed E-state index contributed by atoms with van der Waals surface area (Å²) < 4.78 is 6.78. The van der Waals surface area contributed by atoms with Gasteiger partial charge in [-0.25, -0.2) is 9.78 Å². The molecule has 1 aromatic heterocycles. The average molecular weight is 423 g/mol. The zero-order valence-electron chi connectivity index (χ0n) is 18.8. The summed E-state index contributed by atoms with van der Waals surface area (Å²) in [5.41, 5.74) is 2.41. The van der Waals surface area contributed by atoms with Crippen LogP contribution in [0, 0.1) is 0 Å². The van der Waals surface area contributed by atoms with Crippen molar-refractivity contribution in [3.8, 4) is 0 Å². The third-order valence-corrected chi connectivity index (χ3v) is 5.51. The van der Waals surface area contributed by atoms with Crippen LogP contribution >= 0.6 is 0 Å². The van der Waals surface area contributed by atoms with Gasteiger partial charge in [0.25, 0.3) is 5.56 Å². The van der Waals surface area contributed by atoms with Crippen LogP contribution in [0.5, 0.6) is 0 Å². The number of anilines is 1. The largest absolute Gasteiger partial charge is 0.383 e. The summed E-state index contributed by atoms with van der Waals surface area (Å²) in [4.78, 5) is 32.2. The molecule has 0 aliphatic rings. The second-order valence-corrected chi connectivity index (χ2v) is 7.93. The van der Waals surface area contributed by atoms with Crippen LogP contribution in [0.15, 0.2) is 53.3 Å². The number of ether oxygens (including phenoxy) is 1. The number of fused-ring (bicyclic) bond motifs is 1. The lowest BCUT2D eigenvalue weighted by molar-refractivity contribution is 0.180. The Morgan fingerprint density at radius 1 is 1.13 bits per heavy atom. The molecule has 0 spiro atoms. The highest BCUT2D eigenvalue weighted by Crippen LogP contribution is 2.21. The number of rotatable bonds is 7. The molecule has 1 N–H and O–H groups in total. The second kappa shape index (κ2) is 9.75. The van der Waals surface area contributed by atoms with Crippen LogP contribution in [-0.2, 0) is 11.3 Å². The van der Waals surface area contributed by atoms with E-state index in [-0.39, 0.29) is 11.6 Å². The van der Waals surface area contributed by atoms with E-state index in [4.69, 9.17) is 9.72 Å². The lowest BCUT2D eigenvalue weighted by Crippen LogP contribution is -2.38.